The maximum atomic E-state index is 3.49. The Labute approximate surface area is 121 Å². The smallest absolute Gasteiger partial charge is 0.0340 e. The molecule has 0 aliphatic carbocycles. The van der Waals surface area contributed by atoms with Crippen LogP contribution in [0.5, 0.6) is 0 Å². The maximum absolute atomic E-state index is 3.49. The number of fused-ring (bicyclic) bond motifs is 1. The summed E-state index contributed by atoms with van der Waals surface area (Å²) in [6, 6.07) is 19.3. The van der Waals surface area contributed by atoms with Gasteiger partial charge in [-0.15, -0.1) is 0 Å². The molecule has 1 aliphatic heterocycles. The van der Waals surface area contributed by atoms with E-state index in [9.17, 15) is 0 Å². The molecule has 0 amide bonds. The molecule has 0 atom stereocenters. The molecule has 104 valence electrons. The second-order valence-electron chi connectivity index (χ2n) is 5.40. The van der Waals surface area contributed by atoms with Crippen LogP contribution in [-0.2, 0) is 12.8 Å². The van der Waals surface area contributed by atoms with Crippen LogP contribution >= 0.6 is 0 Å². The Morgan fingerprint density at radius 3 is 2.05 bits per heavy atom. The topological polar surface area (TPSA) is 15.3 Å². The molecule has 1 heterocycles. The Morgan fingerprint density at radius 1 is 0.800 bits per heavy atom. The predicted molar refractivity (Wildman–Crippen MR) is 85.2 cm³/mol. The zero-order valence-corrected chi connectivity index (χ0v) is 11.9. The number of anilines is 1. The molecule has 0 fully saturated rings. The molecule has 3 rings (SSSR count). The van der Waals surface area contributed by atoms with Crippen molar-refractivity contribution in [2.45, 2.75) is 12.8 Å². The number of benzene rings is 2. The highest BCUT2D eigenvalue weighted by Crippen LogP contribution is 2.15. The highest BCUT2D eigenvalue weighted by Gasteiger charge is 2.12. The van der Waals surface area contributed by atoms with Gasteiger partial charge in [0, 0.05) is 31.9 Å². The summed E-state index contributed by atoms with van der Waals surface area (Å²) >= 11 is 0. The molecule has 0 aromatic heterocycles. The van der Waals surface area contributed by atoms with Crippen LogP contribution in [-0.4, -0.2) is 31.1 Å². The van der Waals surface area contributed by atoms with Crippen molar-refractivity contribution in [2.75, 3.05) is 31.5 Å². The van der Waals surface area contributed by atoms with Crippen molar-refractivity contribution in [3.8, 4) is 0 Å². The molecule has 1 N–H and O–H groups in total. The standard InChI is InChI=1S/C18H22N2/c1-2-8-18(9-3-1)19-12-15-20-13-10-16-6-4-5-7-17(16)11-14-20/h1-9,19H,10-15H2. The quantitative estimate of drug-likeness (QED) is 0.914. The summed E-state index contributed by atoms with van der Waals surface area (Å²) in [6.45, 7) is 4.48. The third-order valence-corrected chi connectivity index (χ3v) is 4.04. The van der Waals surface area contributed by atoms with Crippen molar-refractivity contribution in [1.82, 2.24) is 4.90 Å². The Morgan fingerprint density at radius 2 is 1.40 bits per heavy atom. The van der Waals surface area contributed by atoms with Crippen molar-refractivity contribution in [3.05, 3.63) is 65.7 Å². The molecule has 0 saturated carbocycles. The minimum absolute atomic E-state index is 1.01. The number of hydrogen-bond donors (Lipinski definition) is 1. The van der Waals surface area contributed by atoms with E-state index in [4.69, 9.17) is 0 Å². The number of para-hydroxylation sites is 1. The lowest BCUT2D eigenvalue weighted by Crippen LogP contribution is -2.31. The molecule has 0 spiro atoms. The third-order valence-electron chi connectivity index (χ3n) is 4.04. The van der Waals surface area contributed by atoms with Gasteiger partial charge in [0.2, 0.25) is 0 Å². The minimum Gasteiger partial charge on any atom is -0.384 e. The van der Waals surface area contributed by atoms with E-state index in [1.807, 2.05) is 0 Å². The van der Waals surface area contributed by atoms with Gasteiger partial charge < -0.3 is 10.2 Å². The van der Waals surface area contributed by atoms with Crippen molar-refractivity contribution >= 4 is 5.69 Å². The zero-order chi connectivity index (χ0) is 13.6. The van der Waals surface area contributed by atoms with Gasteiger partial charge in [0.15, 0.2) is 0 Å². The molecule has 2 nitrogen and oxygen atoms in total. The Balaban J connectivity index is 1.48. The third kappa shape index (κ3) is 3.40. The van der Waals surface area contributed by atoms with Crippen molar-refractivity contribution < 1.29 is 0 Å². The van der Waals surface area contributed by atoms with Crippen LogP contribution in [0.1, 0.15) is 11.1 Å². The molecule has 1 aliphatic rings. The monoisotopic (exact) mass is 266 g/mol. The van der Waals surface area contributed by atoms with Crippen LogP contribution in [0.3, 0.4) is 0 Å². The largest absolute Gasteiger partial charge is 0.384 e. The average Bonchev–Trinajstić information content (AvgIpc) is 2.71. The number of nitrogens with one attached hydrogen (secondary N) is 1. The lowest BCUT2D eigenvalue weighted by Gasteiger charge is -2.20. The van der Waals surface area contributed by atoms with E-state index in [0.29, 0.717) is 0 Å². The Bertz CT molecular complexity index is 509. The van der Waals surface area contributed by atoms with E-state index < -0.39 is 0 Å². The minimum atomic E-state index is 1.01. The highest BCUT2D eigenvalue weighted by molar-refractivity contribution is 5.42. The van der Waals surface area contributed by atoms with Crippen molar-refractivity contribution in [1.29, 1.82) is 0 Å². The van der Waals surface area contributed by atoms with Gasteiger partial charge in [-0.1, -0.05) is 42.5 Å². The van der Waals surface area contributed by atoms with Gasteiger partial charge in [-0.05, 0) is 36.1 Å². The second kappa shape index (κ2) is 6.58. The molecule has 2 aromatic rings. The molecule has 20 heavy (non-hydrogen) atoms. The van der Waals surface area contributed by atoms with E-state index in [2.05, 4.69) is 64.8 Å². The highest BCUT2D eigenvalue weighted by atomic mass is 15.1. The van der Waals surface area contributed by atoms with Gasteiger partial charge in [-0.3, -0.25) is 0 Å². The number of rotatable bonds is 4. The second-order valence-corrected chi connectivity index (χ2v) is 5.40. The maximum Gasteiger partial charge on any atom is 0.0340 e. The fraction of sp³-hybridized carbons (Fsp3) is 0.333. The molecular formula is C18H22N2. The first-order chi connectivity index (χ1) is 9.92. The molecule has 2 aromatic carbocycles. The van der Waals surface area contributed by atoms with E-state index in [1.165, 1.54) is 42.7 Å². The van der Waals surface area contributed by atoms with Gasteiger partial charge in [0.05, 0.1) is 0 Å². The van der Waals surface area contributed by atoms with Gasteiger partial charge in [0.25, 0.3) is 0 Å². The van der Waals surface area contributed by atoms with Crippen LogP contribution < -0.4 is 5.32 Å². The van der Waals surface area contributed by atoms with Gasteiger partial charge >= 0.3 is 0 Å². The molecule has 0 unspecified atom stereocenters. The van der Waals surface area contributed by atoms with Gasteiger partial charge in [-0.25, -0.2) is 0 Å². The average molecular weight is 266 g/mol. The first-order valence-corrected chi connectivity index (χ1v) is 7.50. The van der Waals surface area contributed by atoms with Crippen molar-refractivity contribution in [3.63, 3.8) is 0 Å². The first-order valence-electron chi connectivity index (χ1n) is 7.50. The Hall–Kier alpha value is -1.80. The summed E-state index contributed by atoms with van der Waals surface area (Å²) in [4.78, 5) is 2.57. The fourth-order valence-corrected chi connectivity index (χ4v) is 2.85. The summed E-state index contributed by atoms with van der Waals surface area (Å²) < 4.78 is 0. The molecule has 0 radical (unpaired) electrons. The summed E-state index contributed by atoms with van der Waals surface area (Å²) in [5.41, 5.74) is 4.28. The number of nitrogens with zero attached hydrogens (tertiary/aromatic N) is 1. The lowest BCUT2D eigenvalue weighted by atomic mass is 10.0. The van der Waals surface area contributed by atoms with E-state index in [-0.39, 0.29) is 0 Å². The lowest BCUT2D eigenvalue weighted by molar-refractivity contribution is 0.298. The summed E-state index contributed by atoms with van der Waals surface area (Å²) in [5, 5.41) is 3.49. The fourth-order valence-electron chi connectivity index (χ4n) is 2.85. The normalized spacial score (nSPS) is 15.4. The summed E-state index contributed by atoms with van der Waals surface area (Å²) in [5.74, 6) is 0. The Kier molecular flexibility index (Phi) is 4.34. The SMILES string of the molecule is c1ccc(NCCN2CCc3ccccc3CC2)cc1. The van der Waals surface area contributed by atoms with E-state index in [1.54, 1.807) is 0 Å². The van der Waals surface area contributed by atoms with Gasteiger partial charge in [0.1, 0.15) is 0 Å². The summed E-state index contributed by atoms with van der Waals surface area (Å²) in [7, 11) is 0. The molecular weight excluding hydrogens is 244 g/mol. The van der Waals surface area contributed by atoms with Crippen LogP contribution in [0.25, 0.3) is 0 Å². The number of hydrogen-bond acceptors (Lipinski definition) is 2. The van der Waals surface area contributed by atoms with E-state index >= 15 is 0 Å². The molecule has 2 heteroatoms. The van der Waals surface area contributed by atoms with Crippen LogP contribution in [0.4, 0.5) is 5.69 Å². The summed E-state index contributed by atoms with van der Waals surface area (Å²) in [6.07, 6.45) is 2.36. The zero-order valence-electron chi connectivity index (χ0n) is 11.9. The van der Waals surface area contributed by atoms with E-state index in [0.717, 1.165) is 13.1 Å². The van der Waals surface area contributed by atoms with Crippen LogP contribution in [0.15, 0.2) is 54.6 Å². The molecule has 0 bridgehead atoms. The van der Waals surface area contributed by atoms with Gasteiger partial charge in [-0.2, -0.15) is 0 Å². The van der Waals surface area contributed by atoms with Crippen LogP contribution in [0, 0.1) is 0 Å². The van der Waals surface area contributed by atoms with Crippen molar-refractivity contribution in [2.24, 2.45) is 0 Å². The first kappa shape index (κ1) is 13.2. The predicted octanol–water partition coefficient (Wildman–Crippen LogP) is 3.20. The van der Waals surface area contributed by atoms with Crippen LogP contribution in [0.2, 0.25) is 0 Å². The molecule has 0 saturated heterocycles.